The number of nitrogens with two attached hydrogens (primary N) is 1. The molecule has 5 heteroatoms. The Morgan fingerprint density at radius 2 is 2.40 bits per heavy atom. The largest absolute Gasteiger partial charge is 0.398 e. The van der Waals surface area contributed by atoms with Crippen LogP contribution in [0.15, 0.2) is 12.1 Å². The minimum Gasteiger partial charge on any atom is -0.398 e. The van der Waals surface area contributed by atoms with Crippen LogP contribution >= 0.6 is 0 Å². The first kappa shape index (κ1) is 10.2. The average Bonchev–Trinajstić information content (AvgIpc) is 2.58. The molecule has 1 heterocycles. The lowest BCUT2D eigenvalue weighted by Gasteiger charge is -2.18. The number of fused-ring (bicyclic) bond motifs is 1. The van der Waals surface area contributed by atoms with Gasteiger partial charge >= 0.3 is 0 Å². The maximum Gasteiger partial charge on any atom is 0.127 e. The number of nitrogens with zero attached hydrogens (tertiary/aromatic N) is 1. The van der Waals surface area contributed by atoms with E-state index in [0.29, 0.717) is 25.4 Å². The van der Waals surface area contributed by atoms with Crippen LogP contribution in [0, 0.1) is 5.82 Å². The highest BCUT2D eigenvalue weighted by atomic mass is 19.1. The van der Waals surface area contributed by atoms with Gasteiger partial charge in [-0.3, -0.25) is 0 Å². The quantitative estimate of drug-likeness (QED) is 0.729. The van der Waals surface area contributed by atoms with Crippen molar-refractivity contribution in [2.45, 2.75) is 6.54 Å². The maximum absolute atomic E-state index is 13.2. The second-order valence-corrected chi connectivity index (χ2v) is 3.47. The van der Waals surface area contributed by atoms with E-state index >= 15 is 0 Å². The van der Waals surface area contributed by atoms with Gasteiger partial charge in [0.15, 0.2) is 0 Å². The van der Waals surface area contributed by atoms with Gasteiger partial charge in [-0.1, -0.05) is 0 Å². The fourth-order valence-corrected chi connectivity index (χ4v) is 1.72. The van der Waals surface area contributed by atoms with Crippen LogP contribution in [0.4, 0.5) is 15.8 Å². The maximum atomic E-state index is 13.2. The van der Waals surface area contributed by atoms with Crippen molar-refractivity contribution in [3.8, 4) is 0 Å². The third-order valence-corrected chi connectivity index (χ3v) is 2.48. The fraction of sp³-hybridized carbons (Fsp3) is 0.400. The first-order chi connectivity index (χ1) is 7.22. The number of hydrazine groups is 1. The van der Waals surface area contributed by atoms with E-state index in [1.165, 1.54) is 12.1 Å². The van der Waals surface area contributed by atoms with Gasteiger partial charge in [0.25, 0.3) is 0 Å². The van der Waals surface area contributed by atoms with Crippen molar-refractivity contribution in [1.82, 2.24) is 5.43 Å². The summed E-state index contributed by atoms with van der Waals surface area (Å²) in [5.41, 5.74) is 11.1. The minimum atomic E-state index is -0.308. The predicted molar refractivity (Wildman–Crippen MR) is 56.9 cm³/mol. The van der Waals surface area contributed by atoms with E-state index in [9.17, 15) is 4.39 Å². The van der Waals surface area contributed by atoms with E-state index in [4.69, 9.17) is 10.5 Å². The summed E-state index contributed by atoms with van der Waals surface area (Å²) in [6.07, 6.45) is 0. The van der Waals surface area contributed by atoms with Gasteiger partial charge < -0.3 is 15.5 Å². The smallest absolute Gasteiger partial charge is 0.127 e. The molecule has 1 aromatic rings. The van der Waals surface area contributed by atoms with E-state index in [-0.39, 0.29) is 5.82 Å². The van der Waals surface area contributed by atoms with E-state index in [1.54, 1.807) is 7.11 Å². The van der Waals surface area contributed by atoms with Crippen molar-refractivity contribution in [3.63, 3.8) is 0 Å². The second-order valence-electron chi connectivity index (χ2n) is 3.47. The number of rotatable bonds is 3. The molecule has 1 aliphatic rings. The van der Waals surface area contributed by atoms with Gasteiger partial charge in [-0.15, -0.1) is 0 Å². The van der Waals surface area contributed by atoms with Crippen molar-refractivity contribution in [3.05, 3.63) is 23.5 Å². The number of benzene rings is 1. The summed E-state index contributed by atoms with van der Waals surface area (Å²) < 4.78 is 18.1. The molecule has 0 spiro atoms. The molecule has 4 nitrogen and oxygen atoms in total. The molecule has 0 fully saturated rings. The normalized spacial score (nSPS) is 14.4. The SMILES string of the molecule is COCCN1NCc2c(N)cc(F)cc21. The lowest BCUT2D eigenvalue weighted by Crippen LogP contribution is -2.34. The molecule has 0 saturated carbocycles. The van der Waals surface area contributed by atoms with E-state index in [1.807, 2.05) is 5.01 Å². The monoisotopic (exact) mass is 211 g/mol. The molecule has 0 aliphatic carbocycles. The van der Waals surface area contributed by atoms with Gasteiger partial charge in [0.1, 0.15) is 5.82 Å². The highest BCUT2D eigenvalue weighted by Crippen LogP contribution is 2.30. The van der Waals surface area contributed by atoms with Gasteiger partial charge in [0.05, 0.1) is 18.8 Å². The Hall–Kier alpha value is -1.33. The number of hydrogen-bond donors (Lipinski definition) is 2. The Kier molecular flexibility index (Phi) is 2.75. The summed E-state index contributed by atoms with van der Waals surface area (Å²) in [6.45, 7) is 1.90. The van der Waals surface area contributed by atoms with Crippen LogP contribution in [-0.2, 0) is 11.3 Å². The number of halogens is 1. The molecule has 0 amide bonds. The zero-order valence-electron chi connectivity index (χ0n) is 8.59. The van der Waals surface area contributed by atoms with Crippen molar-refractivity contribution < 1.29 is 9.13 Å². The molecule has 0 radical (unpaired) electrons. The molecule has 1 aromatic carbocycles. The van der Waals surface area contributed by atoms with Crippen molar-refractivity contribution in [1.29, 1.82) is 0 Å². The molecular weight excluding hydrogens is 197 g/mol. The first-order valence-corrected chi connectivity index (χ1v) is 4.80. The van der Waals surface area contributed by atoms with Crippen LogP contribution in [-0.4, -0.2) is 20.3 Å². The molecule has 15 heavy (non-hydrogen) atoms. The summed E-state index contributed by atoms with van der Waals surface area (Å²) in [5.74, 6) is -0.308. The van der Waals surface area contributed by atoms with E-state index in [0.717, 1.165) is 11.3 Å². The van der Waals surface area contributed by atoms with Crippen molar-refractivity contribution in [2.24, 2.45) is 0 Å². The molecule has 0 bridgehead atoms. The third kappa shape index (κ3) is 1.88. The van der Waals surface area contributed by atoms with Gasteiger partial charge in [-0.2, -0.15) is 0 Å². The molecule has 2 rings (SSSR count). The number of nitrogen functional groups attached to an aromatic ring is 1. The van der Waals surface area contributed by atoms with Gasteiger partial charge in [-0.25, -0.2) is 9.82 Å². The highest BCUT2D eigenvalue weighted by Gasteiger charge is 2.21. The van der Waals surface area contributed by atoms with Crippen LogP contribution in [0.25, 0.3) is 0 Å². The van der Waals surface area contributed by atoms with Crippen molar-refractivity contribution >= 4 is 11.4 Å². The van der Waals surface area contributed by atoms with Crippen LogP contribution < -0.4 is 16.2 Å². The molecule has 0 atom stereocenters. The summed E-state index contributed by atoms with van der Waals surface area (Å²) in [6, 6.07) is 2.84. The van der Waals surface area contributed by atoms with E-state index < -0.39 is 0 Å². The Morgan fingerprint density at radius 3 is 3.13 bits per heavy atom. The Bertz CT molecular complexity index is 370. The molecule has 3 N–H and O–H groups in total. The van der Waals surface area contributed by atoms with Crippen LogP contribution in [0.1, 0.15) is 5.56 Å². The standard InChI is InChI=1S/C10H14FN3O/c1-15-3-2-14-10-5-7(11)4-9(12)8(10)6-13-14/h4-5,13H,2-3,6,12H2,1H3. The van der Waals surface area contributed by atoms with Gasteiger partial charge in [-0.05, 0) is 12.1 Å². The van der Waals surface area contributed by atoms with Gasteiger partial charge in [0, 0.05) is 24.9 Å². The summed E-state index contributed by atoms with van der Waals surface area (Å²) in [5, 5.41) is 1.86. The highest BCUT2D eigenvalue weighted by molar-refractivity contribution is 5.67. The van der Waals surface area contributed by atoms with Gasteiger partial charge in [0.2, 0.25) is 0 Å². The zero-order valence-corrected chi connectivity index (χ0v) is 8.59. The summed E-state index contributed by atoms with van der Waals surface area (Å²) >= 11 is 0. The fourth-order valence-electron chi connectivity index (χ4n) is 1.72. The number of nitrogens with one attached hydrogen (secondary N) is 1. The first-order valence-electron chi connectivity index (χ1n) is 4.80. The lowest BCUT2D eigenvalue weighted by atomic mass is 10.1. The number of anilines is 2. The third-order valence-electron chi connectivity index (χ3n) is 2.48. The van der Waals surface area contributed by atoms with Crippen LogP contribution in [0.3, 0.4) is 0 Å². The number of ether oxygens (including phenoxy) is 1. The second kappa shape index (κ2) is 4.04. The van der Waals surface area contributed by atoms with Crippen molar-refractivity contribution in [2.75, 3.05) is 31.0 Å². The average molecular weight is 211 g/mol. The summed E-state index contributed by atoms with van der Waals surface area (Å²) in [7, 11) is 1.64. The number of methoxy groups -OCH3 is 1. The predicted octanol–water partition coefficient (Wildman–Crippen LogP) is 0.879. The Balaban J connectivity index is 2.25. The zero-order chi connectivity index (χ0) is 10.8. The molecule has 0 unspecified atom stereocenters. The summed E-state index contributed by atoms with van der Waals surface area (Å²) in [4.78, 5) is 0. The van der Waals surface area contributed by atoms with Crippen LogP contribution in [0.2, 0.25) is 0 Å². The number of hydrogen-bond acceptors (Lipinski definition) is 4. The van der Waals surface area contributed by atoms with E-state index in [2.05, 4.69) is 5.43 Å². The topological polar surface area (TPSA) is 50.5 Å². The molecule has 0 aromatic heterocycles. The Labute approximate surface area is 87.8 Å². The lowest BCUT2D eigenvalue weighted by molar-refractivity contribution is 0.203. The molecular formula is C10H14FN3O. The van der Waals surface area contributed by atoms with Crippen LogP contribution in [0.5, 0.6) is 0 Å². The minimum absolute atomic E-state index is 0.308. The molecule has 82 valence electrons. The molecule has 0 saturated heterocycles. The Morgan fingerprint density at radius 1 is 1.60 bits per heavy atom. The molecule has 1 aliphatic heterocycles.